The van der Waals surface area contributed by atoms with Crippen LogP contribution in [0.2, 0.25) is 0 Å². The maximum absolute atomic E-state index is 6.07. The number of ether oxygens (including phenoxy) is 5. The van der Waals surface area contributed by atoms with Gasteiger partial charge in [-0.1, -0.05) is 6.07 Å². The fourth-order valence-corrected chi connectivity index (χ4v) is 3.96. The molecular weight excluding hydrogens is 398 g/mol. The average Bonchev–Trinajstić information content (AvgIpc) is 3.49. The number of fused-ring (bicyclic) bond motifs is 2. The van der Waals surface area contributed by atoms with Crippen molar-refractivity contribution in [1.82, 2.24) is 14.9 Å². The van der Waals surface area contributed by atoms with Crippen LogP contribution >= 0.6 is 0 Å². The first kappa shape index (κ1) is 19.7. The minimum Gasteiger partial charge on any atom is -0.493 e. The monoisotopic (exact) mass is 423 g/mol. The molecule has 0 unspecified atom stereocenters. The van der Waals surface area contributed by atoms with E-state index >= 15 is 0 Å². The van der Waals surface area contributed by atoms with Crippen LogP contribution in [-0.2, 0) is 0 Å². The third-order valence-electron chi connectivity index (χ3n) is 5.53. The van der Waals surface area contributed by atoms with Gasteiger partial charge in [0.1, 0.15) is 6.33 Å². The second kappa shape index (κ2) is 8.85. The normalized spacial score (nSPS) is 15.4. The van der Waals surface area contributed by atoms with E-state index in [0.29, 0.717) is 46.8 Å². The Hall–Kier alpha value is -3.26. The number of para-hydroxylation sites is 1. The molecule has 8 heteroatoms. The van der Waals surface area contributed by atoms with E-state index in [1.54, 1.807) is 7.11 Å². The summed E-state index contributed by atoms with van der Waals surface area (Å²) in [5, 5.41) is 0.722. The minimum absolute atomic E-state index is 0.173. The van der Waals surface area contributed by atoms with Crippen LogP contribution in [0, 0.1) is 0 Å². The smallest absolute Gasteiger partial charge is 0.231 e. The predicted molar refractivity (Wildman–Crippen MR) is 115 cm³/mol. The summed E-state index contributed by atoms with van der Waals surface area (Å²) < 4.78 is 28.6. The number of hydrogen-bond donors (Lipinski definition) is 0. The van der Waals surface area contributed by atoms with Crippen molar-refractivity contribution < 1.29 is 23.7 Å². The van der Waals surface area contributed by atoms with Gasteiger partial charge >= 0.3 is 0 Å². The van der Waals surface area contributed by atoms with Crippen LogP contribution in [0.25, 0.3) is 10.9 Å². The Labute approximate surface area is 180 Å². The zero-order valence-electron chi connectivity index (χ0n) is 17.5. The van der Waals surface area contributed by atoms with Crippen molar-refractivity contribution in [2.75, 3.05) is 40.1 Å². The van der Waals surface area contributed by atoms with Crippen LogP contribution in [0.1, 0.15) is 19.3 Å². The van der Waals surface area contributed by atoms with Gasteiger partial charge < -0.3 is 28.6 Å². The molecule has 1 saturated heterocycles. The molecule has 2 aliphatic rings. The molecule has 0 N–H and O–H groups in total. The molecule has 2 aromatic carbocycles. The lowest BCUT2D eigenvalue weighted by atomic mass is 10.2. The highest BCUT2D eigenvalue weighted by Crippen LogP contribution is 2.43. The van der Waals surface area contributed by atoms with E-state index in [4.69, 9.17) is 23.7 Å². The van der Waals surface area contributed by atoms with Crippen molar-refractivity contribution in [3.63, 3.8) is 0 Å². The number of benzene rings is 2. The van der Waals surface area contributed by atoms with Gasteiger partial charge in [0.15, 0.2) is 23.0 Å². The van der Waals surface area contributed by atoms with Crippen LogP contribution in [0.5, 0.6) is 34.6 Å². The number of likely N-dealkylation sites (tertiary alicyclic amines) is 1. The maximum atomic E-state index is 6.07. The van der Waals surface area contributed by atoms with Crippen LogP contribution in [-0.4, -0.2) is 55.0 Å². The van der Waals surface area contributed by atoms with Gasteiger partial charge in [-0.3, -0.25) is 0 Å². The predicted octanol–water partition coefficient (Wildman–Crippen LogP) is 4.02. The molecule has 5 rings (SSSR count). The average molecular weight is 423 g/mol. The Bertz CT molecular complexity index is 1070. The highest BCUT2D eigenvalue weighted by Gasteiger charge is 2.21. The first-order chi connectivity index (χ1) is 15.3. The fraction of sp³-hybridized carbons (Fsp3) is 0.391. The molecule has 0 saturated carbocycles. The number of rotatable bonds is 8. The van der Waals surface area contributed by atoms with Gasteiger partial charge in [0, 0.05) is 12.6 Å². The van der Waals surface area contributed by atoms with Crippen molar-refractivity contribution in [2.24, 2.45) is 0 Å². The summed E-state index contributed by atoms with van der Waals surface area (Å²) in [6, 6.07) is 9.22. The van der Waals surface area contributed by atoms with Crippen molar-refractivity contribution in [3.05, 3.63) is 36.7 Å². The largest absolute Gasteiger partial charge is 0.493 e. The Morgan fingerprint density at radius 1 is 1.03 bits per heavy atom. The highest BCUT2D eigenvalue weighted by atomic mass is 16.7. The van der Waals surface area contributed by atoms with Gasteiger partial charge in [-0.15, -0.1) is 0 Å². The van der Waals surface area contributed by atoms with Gasteiger partial charge in [0.25, 0.3) is 0 Å². The first-order valence-electron chi connectivity index (χ1n) is 10.6. The van der Waals surface area contributed by atoms with Crippen LogP contribution in [0.4, 0.5) is 0 Å². The van der Waals surface area contributed by atoms with E-state index < -0.39 is 0 Å². The lowest BCUT2D eigenvalue weighted by Crippen LogP contribution is -2.21. The standard InChI is InChI=1S/C23H25N3O5/c1-27-20-12-16-17(13-21(20)28-11-5-10-26-8-2-3-9-26)24-14-25-23(16)31-19-7-4-6-18-22(19)30-15-29-18/h4,6-7,12-14H,2-3,5,8-11,15H2,1H3. The number of nitrogens with zero attached hydrogens (tertiary/aromatic N) is 3. The lowest BCUT2D eigenvalue weighted by molar-refractivity contribution is 0.171. The Kier molecular flexibility index (Phi) is 5.62. The summed E-state index contributed by atoms with van der Waals surface area (Å²) in [7, 11) is 1.62. The Balaban J connectivity index is 1.35. The zero-order valence-corrected chi connectivity index (χ0v) is 17.5. The van der Waals surface area contributed by atoms with Crippen LogP contribution in [0.15, 0.2) is 36.7 Å². The van der Waals surface area contributed by atoms with Gasteiger partial charge in [0.05, 0.1) is 24.6 Å². The molecular formula is C23H25N3O5. The van der Waals surface area contributed by atoms with E-state index in [1.165, 1.54) is 32.3 Å². The van der Waals surface area contributed by atoms with Gasteiger partial charge in [-0.2, -0.15) is 0 Å². The Morgan fingerprint density at radius 3 is 2.81 bits per heavy atom. The number of methoxy groups -OCH3 is 1. The maximum Gasteiger partial charge on any atom is 0.231 e. The highest BCUT2D eigenvalue weighted by molar-refractivity contribution is 5.87. The first-order valence-corrected chi connectivity index (χ1v) is 10.6. The van der Waals surface area contributed by atoms with E-state index in [1.807, 2.05) is 30.3 Å². The molecule has 0 radical (unpaired) electrons. The van der Waals surface area contributed by atoms with E-state index in [-0.39, 0.29) is 6.79 Å². The van der Waals surface area contributed by atoms with Crippen molar-refractivity contribution >= 4 is 10.9 Å². The molecule has 1 fully saturated rings. The Morgan fingerprint density at radius 2 is 1.94 bits per heavy atom. The minimum atomic E-state index is 0.173. The molecule has 0 bridgehead atoms. The number of hydrogen-bond acceptors (Lipinski definition) is 8. The molecule has 8 nitrogen and oxygen atoms in total. The molecule has 0 spiro atoms. The summed E-state index contributed by atoms with van der Waals surface area (Å²) in [6.45, 7) is 4.25. The molecule has 2 aliphatic heterocycles. The molecule has 3 heterocycles. The van der Waals surface area contributed by atoms with Crippen molar-refractivity contribution in [1.29, 1.82) is 0 Å². The second-order valence-electron chi connectivity index (χ2n) is 7.54. The molecule has 0 atom stereocenters. The molecule has 0 aliphatic carbocycles. The summed E-state index contributed by atoms with van der Waals surface area (Å²) >= 11 is 0. The SMILES string of the molecule is COc1cc2c(Oc3cccc4c3OCO4)ncnc2cc1OCCCN1CCCC1. The molecule has 0 amide bonds. The zero-order chi connectivity index (χ0) is 21.0. The fourth-order valence-electron chi connectivity index (χ4n) is 3.96. The summed E-state index contributed by atoms with van der Waals surface area (Å²) in [5.74, 6) is 3.45. The quantitative estimate of drug-likeness (QED) is 0.503. The summed E-state index contributed by atoms with van der Waals surface area (Å²) in [6.07, 6.45) is 5.05. The molecule has 162 valence electrons. The van der Waals surface area contributed by atoms with Gasteiger partial charge in [-0.25, -0.2) is 9.97 Å². The van der Waals surface area contributed by atoms with Gasteiger partial charge in [0.2, 0.25) is 18.4 Å². The third kappa shape index (κ3) is 4.16. The van der Waals surface area contributed by atoms with E-state index in [9.17, 15) is 0 Å². The molecule has 1 aromatic heterocycles. The third-order valence-corrected chi connectivity index (χ3v) is 5.53. The lowest BCUT2D eigenvalue weighted by Gasteiger charge is -2.16. The summed E-state index contributed by atoms with van der Waals surface area (Å²) in [5.41, 5.74) is 0.713. The van der Waals surface area contributed by atoms with E-state index in [0.717, 1.165) is 18.4 Å². The van der Waals surface area contributed by atoms with Crippen LogP contribution < -0.4 is 23.7 Å². The number of aromatic nitrogens is 2. The topological polar surface area (TPSA) is 75.2 Å². The second-order valence-corrected chi connectivity index (χ2v) is 7.54. The molecule has 3 aromatic rings. The van der Waals surface area contributed by atoms with Crippen LogP contribution in [0.3, 0.4) is 0 Å². The molecule has 31 heavy (non-hydrogen) atoms. The van der Waals surface area contributed by atoms with Crippen molar-refractivity contribution in [3.8, 4) is 34.6 Å². The van der Waals surface area contributed by atoms with E-state index in [2.05, 4.69) is 14.9 Å². The van der Waals surface area contributed by atoms with Crippen molar-refractivity contribution in [2.45, 2.75) is 19.3 Å². The summed E-state index contributed by atoms with van der Waals surface area (Å²) in [4.78, 5) is 11.2. The van der Waals surface area contributed by atoms with Gasteiger partial charge in [-0.05, 0) is 50.6 Å².